The minimum absolute atomic E-state index is 0.0183. The lowest BCUT2D eigenvalue weighted by Gasteiger charge is -2.35. The molecule has 4 N–H and O–H groups in total. The van der Waals surface area contributed by atoms with Gasteiger partial charge in [-0.25, -0.2) is 12.8 Å². The van der Waals surface area contributed by atoms with E-state index < -0.39 is 40.7 Å². The molecule has 2 aliphatic heterocycles. The summed E-state index contributed by atoms with van der Waals surface area (Å²) in [5, 5.41) is 13.7. The zero-order valence-corrected chi connectivity index (χ0v) is 22.7. The maximum atomic E-state index is 13.7. The Balaban J connectivity index is 1.74. The SMILES string of the molecule is CC(C)(C)C1C(O)=C(C2=NP(=O)(O)c3cc(NS(C)(=O)=O)ccc3N2)C(=O)N1Cc1ccc(F)c(Cl)c1. The number of aliphatic hydroxyl groups is 1. The molecule has 0 saturated heterocycles. The molecular weight excluding hydrogens is 546 g/mol. The lowest BCUT2D eigenvalue weighted by Crippen LogP contribution is -2.43. The molecule has 2 heterocycles. The predicted octanol–water partition coefficient (Wildman–Crippen LogP) is 3.75. The molecule has 0 radical (unpaired) electrons. The lowest BCUT2D eigenvalue weighted by atomic mass is 9.85. The minimum Gasteiger partial charge on any atom is -0.509 e. The van der Waals surface area contributed by atoms with Gasteiger partial charge < -0.3 is 20.2 Å². The van der Waals surface area contributed by atoms with Crippen molar-refractivity contribution in [2.75, 3.05) is 16.3 Å². The highest BCUT2D eigenvalue weighted by Crippen LogP contribution is 2.48. The maximum Gasteiger partial charge on any atom is 0.346 e. The van der Waals surface area contributed by atoms with Crippen molar-refractivity contribution >= 4 is 57.6 Å². The highest BCUT2D eigenvalue weighted by molar-refractivity contribution is 7.92. The first kappa shape index (κ1) is 27.1. The first-order chi connectivity index (χ1) is 17.0. The average molecular weight is 571 g/mol. The molecule has 198 valence electrons. The van der Waals surface area contributed by atoms with Crippen LogP contribution in [-0.4, -0.2) is 47.4 Å². The number of carbonyl (C=O) groups excluding carboxylic acids is 1. The predicted molar refractivity (Wildman–Crippen MR) is 140 cm³/mol. The van der Waals surface area contributed by atoms with Crippen LogP contribution in [-0.2, 0) is 25.9 Å². The Kier molecular flexibility index (Phi) is 6.69. The van der Waals surface area contributed by atoms with Crippen molar-refractivity contribution in [1.29, 1.82) is 0 Å². The van der Waals surface area contributed by atoms with Crippen LogP contribution in [0.1, 0.15) is 26.3 Å². The molecule has 0 fully saturated rings. The van der Waals surface area contributed by atoms with Crippen molar-refractivity contribution in [3.63, 3.8) is 0 Å². The Morgan fingerprint density at radius 2 is 1.92 bits per heavy atom. The third kappa shape index (κ3) is 5.38. The number of aliphatic hydroxyl groups excluding tert-OH is 1. The Hall–Kier alpha value is -2.92. The van der Waals surface area contributed by atoms with Gasteiger partial charge in [0.1, 0.15) is 17.1 Å². The van der Waals surface area contributed by atoms with E-state index in [9.17, 15) is 32.2 Å². The normalized spacial score (nSPS) is 22.0. The average Bonchev–Trinajstić information content (AvgIpc) is 2.99. The Morgan fingerprint density at radius 1 is 1.24 bits per heavy atom. The molecule has 0 bridgehead atoms. The number of benzene rings is 2. The third-order valence-electron chi connectivity index (χ3n) is 5.80. The van der Waals surface area contributed by atoms with Gasteiger partial charge in [0.15, 0.2) is 5.84 Å². The molecule has 0 aromatic heterocycles. The van der Waals surface area contributed by atoms with E-state index in [-0.39, 0.29) is 45.4 Å². The van der Waals surface area contributed by atoms with Crippen LogP contribution in [0.15, 0.2) is 52.5 Å². The summed E-state index contributed by atoms with van der Waals surface area (Å²) in [5.41, 5.74) is -0.226. The summed E-state index contributed by atoms with van der Waals surface area (Å²) in [7, 11) is -8.11. The zero-order chi connectivity index (χ0) is 27.5. The van der Waals surface area contributed by atoms with Crippen molar-refractivity contribution in [3.05, 3.63) is 64.1 Å². The molecule has 10 nitrogen and oxygen atoms in total. The first-order valence-corrected chi connectivity index (χ1v) is 14.9. The van der Waals surface area contributed by atoms with Gasteiger partial charge in [-0.15, -0.1) is 0 Å². The molecule has 2 aliphatic rings. The molecule has 37 heavy (non-hydrogen) atoms. The number of halogens is 2. The number of nitrogens with zero attached hydrogens (tertiary/aromatic N) is 2. The fraction of sp³-hybridized carbons (Fsp3) is 0.304. The monoisotopic (exact) mass is 570 g/mol. The molecule has 0 spiro atoms. The van der Waals surface area contributed by atoms with E-state index in [1.807, 2.05) is 20.8 Å². The van der Waals surface area contributed by atoms with Gasteiger partial charge in [-0.3, -0.25) is 14.1 Å². The van der Waals surface area contributed by atoms with Crippen LogP contribution in [0, 0.1) is 11.2 Å². The second kappa shape index (κ2) is 9.13. The third-order valence-corrected chi connectivity index (χ3v) is 8.16. The van der Waals surface area contributed by atoms with Gasteiger partial charge >= 0.3 is 7.52 Å². The van der Waals surface area contributed by atoms with Crippen molar-refractivity contribution < 1.29 is 32.2 Å². The second-order valence-electron chi connectivity index (χ2n) is 9.93. The molecule has 4 rings (SSSR count). The summed E-state index contributed by atoms with van der Waals surface area (Å²) in [4.78, 5) is 25.7. The van der Waals surface area contributed by atoms with Crippen molar-refractivity contribution in [2.45, 2.75) is 33.4 Å². The Morgan fingerprint density at radius 3 is 2.51 bits per heavy atom. The number of sulfonamides is 1. The van der Waals surface area contributed by atoms with Gasteiger partial charge in [-0.1, -0.05) is 38.4 Å². The summed E-state index contributed by atoms with van der Waals surface area (Å²) >= 11 is 5.90. The smallest absolute Gasteiger partial charge is 0.346 e. The number of carbonyl (C=O) groups is 1. The van der Waals surface area contributed by atoms with Crippen LogP contribution in [0.5, 0.6) is 0 Å². The van der Waals surface area contributed by atoms with Crippen LogP contribution in [0.4, 0.5) is 15.8 Å². The van der Waals surface area contributed by atoms with E-state index in [4.69, 9.17) is 11.6 Å². The van der Waals surface area contributed by atoms with Crippen LogP contribution < -0.4 is 15.3 Å². The fourth-order valence-corrected chi connectivity index (χ4v) is 6.40. The van der Waals surface area contributed by atoms with Gasteiger partial charge in [-0.2, -0.15) is 4.76 Å². The number of anilines is 2. The summed E-state index contributed by atoms with van der Waals surface area (Å²) in [6, 6.07) is 7.13. The molecule has 0 saturated carbocycles. The highest BCUT2D eigenvalue weighted by atomic mass is 35.5. The van der Waals surface area contributed by atoms with Gasteiger partial charge in [0.25, 0.3) is 5.91 Å². The van der Waals surface area contributed by atoms with E-state index in [1.165, 1.54) is 41.3 Å². The summed E-state index contributed by atoms with van der Waals surface area (Å²) < 4.78 is 56.0. The van der Waals surface area contributed by atoms with E-state index in [2.05, 4.69) is 14.8 Å². The van der Waals surface area contributed by atoms with Crippen LogP contribution in [0.2, 0.25) is 5.02 Å². The van der Waals surface area contributed by atoms with E-state index in [0.29, 0.717) is 5.56 Å². The molecule has 2 aromatic rings. The van der Waals surface area contributed by atoms with Crippen molar-refractivity contribution in [1.82, 2.24) is 4.90 Å². The second-order valence-corrected chi connectivity index (χ2v) is 13.9. The van der Waals surface area contributed by atoms with E-state index in [0.717, 1.165) is 6.26 Å². The molecule has 0 aliphatic carbocycles. The number of fused-ring (bicyclic) bond motifs is 1. The molecule has 2 atom stereocenters. The largest absolute Gasteiger partial charge is 0.509 e. The van der Waals surface area contributed by atoms with Crippen LogP contribution >= 0.6 is 19.1 Å². The van der Waals surface area contributed by atoms with Crippen LogP contribution in [0.3, 0.4) is 0 Å². The Bertz CT molecular complexity index is 1540. The zero-order valence-electron chi connectivity index (χ0n) is 20.3. The number of nitrogens with one attached hydrogen (secondary N) is 2. The fourth-order valence-electron chi connectivity index (χ4n) is 4.36. The summed E-state index contributed by atoms with van der Waals surface area (Å²) in [5.74, 6) is -1.89. The maximum absolute atomic E-state index is 13.7. The number of rotatable bonds is 5. The number of hydrogen-bond acceptors (Lipinski definition) is 6. The van der Waals surface area contributed by atoms with Crippen molar-refractivity contribution in [3.8, 4) is 0 Å². The number of amidine groups is 1. The highest BCUT2D eigenvalue weighted by Gasteiger charge is 2.48. The summed E-state index contributed by atoms with van der Waals surface area (Å²) in [6.07, 6.45) is 0.942. The summed E-state index contributed by atoms with van der Waals surface area (Å²) in [6.45, 7) is 5.42. The quantitative estimate of drug-likeness (QED) is 0.400. The minimum atomic E-state index is -4.47. The van der Waals surface area contributed by atoms with Crippen LogP contribution in [0.25, 0.3) is 0 Å². The van der Waals surface area contributed by atoms with Gasteiger partial charge in [0.2, 0.25) is 10.0 Å². The molecule has 2 unspecified atom stereocenters. The molecule has 2 aromatic carbocycles. The van der Waals surface area contributed by atoms with E-state index in [1.54, 1.807) is 0 Å². The molecule has 14 heteroatoms. The molecule has 1 amide bonds. The lowest BCUT2D eigenvalue weighted by molar-refractivity contribution is -0.129. The number of amides is 1. The topological polar surface area (TPSA) is 148 Å². The Labute approximate surface area is 218 Å². The van der Waals surface area contributed by atoms with Gasteiger partial charge in [-0.05, 0) is 41.3 Å². The van der Waals surface area contributed by atoms with Crippen molar-refractivity contribution in [2.24, 2.45) is 10.2 Å². The molecular formula is C23H25ClFN4O6PS. The standard InChI is InChI=1S/C23H25ClFN4O6PS/c1-23(2,3)20-19(30)18(22(31)29(20)11-12-5-7-15(25)14(24)9-12)21-26-16-8-6-13(28-37(4,34)35)10-17(16)36(32,33)27-21/h5-10,20,28,30H,11H2,1-4H3,(H2,26,27,32,33). The van der Waals surface area contributed by atoms with Gasteiger partial charge in [0, 0.05) is 12.2 Å². The van der Waals surface area contributed by atoms with E-state index >= 15 is 0 Å². The van der Waals surface area contributed by atoms with Gasteiger partial charge in [0.05, 0.1) is 28.3 Å². The first-order valence-electron chi connectivity index (χ1n) is 11.0. The number of hydrogen-bond donors (Lipinski definition) is 4.